The minimum atomic E-state index is 0.864. The molecule has 18 heavy (non-hydrogen) atoms. The van der Waals surface area contributed by atoms with Crippen molar-refractivity contribution in [2.75, 3.05) is 13.2 Å². The van der Waals surface area contributed by atoms with E-state index in [0.29, 0.717) is 0 Å². The minimum Gasteiger partial charge on any atom is -0.381 e. The van der Waals surface area contributed by atoms with Gasteiger partial charge in [0.2, 0.25) is 0 Å². The summed E-state index contributed by atoms with van der Waals surface area (Å²) in [5.41, 5.74) is 0. The summed E-state index contributed by atoms with van der Waals surface area (Å²) in [4.78, 5) is 0. The number of rotatable bonds is 5. The average molecular weight is 252 g/mol. The minimum absolute atomic E-state index is 0.864. The fraction of sp³-hybridized carbons (Fsp3) is 1.00. The van der Waals surface area contributed by atoms with Crippen LogP contribution in [-0.4, -0.2) is 13.2 Å². The monoisotopic (exact) mass is 252 g/mol. The molecular formula is C17H32O. The van der Waals surface area contributed by atoms with Gasteiger partial charge in [0.15, 0.2) is 0 Å². The first-order chi connectivity index (χ1) is 8.75. The Morgan fingerprint density at radius 1 is 0.778 bits per heavy atom. The predicted molar refractivity (Wildman–Crippen MR) is 77.7 cm³/mol. The predicted octanol–water partition coefficient (Wildman–Crippen LogP) is 5.05. The molecule has 2 aliphatic carbocycles. The average Bonchev–Trinajstić information content (AvgIpc) is 2.40. The van der Waals surface area contributed by atoms with Gasteiger partial charge < -0.3 is 4.74 Å². The first-order valence-electron chi connectivity index (χ1n) is 8.33. The van der Waals surface area contributed by atoms with Crippen LogP contribution in [0.15, 0.2) is 0 Å². The van der Waals surface area contributed by atoms with Gasteiger partial charge in [-0.3, -0.25) is 0 Å². The zero-order chi connectivity index (χ0) is 12.8. The van der Waals surface area contributed by atoms with Gasteiger partial charge in [-0.15, -0.1) is 0 Å². The summed E-state index contributed by atoms with van der Waals surface area (Å²) in [5, 5.41) is 0. The first kappa shape index (κ1) is 14.4. The maximum absolute atomic E-state index is 6.01. The molecule has 2 rings (SSSR count). The third-order valence-corrected chi connectivity index (χ3v) is 5.27. The van der Waals surface area contributed by atoms with Crippen LogP contribution in [0, 0.1) is 23.7 Å². The molecule has 0 bridgehead atoms. The van der Waals surface area contributed by atoms with E-state index >= 15 is 0 Å². The molecule has 2 fully saturated rings. The summed E-state index contributed by atoms with van der Waals surface area (Å²) in [5.74, 6) is 3.61. The van der Waals surface area contributed by atoms with Crippen LogP contribution in [0.2, 0.25) is 0 Å². The lowest BCUT2D eigenvalue weighted by molar-refractivity contribution is 0.0433. The first-order valence-corrected chi connectivity index (χ1v) is 8.33. The van der Waals surface area contributed by atoms with E-state index in [0.717, 1.165) is 36.9 Å². The van der Waals surface area contributed by atoms with E-state index in [1.807, 2.05) is 0 Å². The number of hydrogen-bond donors (Lipinski definition) is 0. The molecule has 0 aliphatic heterocycles. The Labute approximate surface area is 114 Å². The van der Waals surface area contributed by atoms with Crippen molar-refractivity contribution >= 4 is 0 Å². The van der Waals surface area contributed by atoms with E-state index in [2.05, 4.69) is 13.8 Å². The molecule has 2 saturated carbocycles. The molecule has 0 spiro atoms. The molecule has 0 aromatic heterocycles. The van der Waals surface area contributed by atoms with E-state index in [9.17, 15) is 0 Å². The van der Waals surface area contributed by atoms with Gasteiger partial charge in [-0.25, -0.2) is 0 Å². The van der Waals surface area contributed by atoms with Crippen LogP contribution in [0.5, 0.6) is 0 Å². The van der Waals surface area contributed by atoms with Crippen molar-refractivity contribution in [2.24, 2.45) is 23.7 Å². The maximum atomic E-state index is 6.01. The van der Waals surface area contributed by atoms with E-state index in [1.165, 1.54) is 57.8 Å². The topological polar surface area (TPSA) is 9.23 Å². The summed E-state index contributed by atoms with van der Waals surface area (Å²) < 4.78 is 6.01. The molecule has 2 aliphatic rings. The highest BCUT2D eigenvalue weighted by molar-refractivity contribution is 4.74. The zero-order valence-electron chi connectivity index (χ0n) is 12.5. The van der Waals surface area contributed by atoms with Crippen molar-refractivity contribution in [1.29, 1.82) is 0 Å². The third-order valence-electron chi connectivity index (χ3n) is 5.27. The Hall–Kier alpha value is -0.0400. The lowest BCUT2D eigenvalue weighted by Gasteiger charge is -2.31. The lowest BCUT2D eigenvalue weighted by Crippen LogP contribution is -2.23. The standard InChI is InChI=1S/C17H32O/c1-14(2)17-10-8-16(9-11-17)13-18-12-15-6-4-3-5-7-15/h14-17H,3-13H2,1-2H3. The van der Waals surface area contributed by atoms with Gasteiger partial charge in [-0.1, -0.05) is 33.1 Å². The second kappa shape index (κ2) is 7.53. The molecule has 0 amide bonds. The Morgan fingerprint density at radius 2 is 1.33 bits per heavy atom. The molecule has 0 N–H and O–H groups in total. The number of hydrogen-bond acceptors (Lipinski definition) is 1. The van der Waals surface area contributed by atoms with Crippen molar-refractivity contribution in [3.05, 3.63) is 0 Å². The third kappa shape index (κ3) is 4.57. The zero-order valence-corrected chi connectivity index (χ0v) is 12.5. The van der Waals surface area contributed by atoms with E-state index in [-0.39, 0.29) is 0 Å². The molecule has 0 saturated heterocycles. The molecule has 0 unspecified atom stereocenters. The van der Waals surface area contributed by atoms with Gasteiger partial charge in [-0.05, 0) is 62.2 Å². The van der Waals surface area contributed by atoms with Crippen LogP contribution in [0.1, 0.15) is 71.6 Å². The molecule has 0 heterocycles. The lowest BCUT2D eigenvalue weighted by atomic mass is 9.77. The highest BCUT2D eigenvalue weighted by Crippen LogP contribution is 2.33. The highest BCUT2D eigenvalue weighted by atomic mass is 16.5. The molecule has 0 aromatic rings. The van der Waals surface area contributed by atoms with E-state index in [4.69, 9.17) is 4.74 Å². The fourth-order valence-electron chi connectivity index (χ4n) is 3.78. The van der Waals surface area contributed by atoms with Crippen LogP contribution < -0.4 is 0 Å². The normalized spacial score (nSPS) is 30.8. The summed E-state index contributed by atoms with van der Waals surface area (Å²) >= 11 is 0. The van der Waals surface area contributed by atoms with Gasteiger partial charge in [-0.2, -0.15) is 0 Å². The molecule has 1 heteroatoms. The van der Waals surface area contributed by atoms with Crippen molar-refractivity contribution < 1.29 is 4.74 Å². The Kier molecular flexibility index (Phi) is 6.01. The summed E-state index contributed by atoms with van der Waals surface area (Å²) in [7, 11) is 0. The van der Waals surface area contributed by atoms with Crippen molar-refractivity contribution in [1.82, 2.24) is 0 Å². The molecule has 0 aromatic carbocycles. The molecular weight excluding hydrogens is 220 g/mol. The van der Waals surface area contributed by atoms with Gasteiger partial charge in [0.05, 0.1) is 0 Å². The van der Waals surface area contributed by atoms with Crippen LogP contribution >= 0.6 is 0 Å². The molecule has 106 valence electrons. The van der Waals surface area contributed by atoms with Gasteiger partial charge in [0.1, 0.15) is 0 Å². The van der Waals surface area contributed by atoms with Crippen LogP contribution in [-0.2, 0) is 4.74 Å². The van der Waals surface area contributed by atoms with Crippen LogP contribution in [0.4, 0.5) is 0 Å². The summed E-state index contributed by atoms with van der Waals surface area (Å²) in [6.07, 6.45) is 12.9. The van der Waals surface area contributed by atoms with E-state index < -0.39 is 0 Å². The van der Waals surface area contributed by atoms with Gasteiger partial charge in [0.25, 0.3) is 0 Å². The molecule has 0 radical (unpaired) electrons. The maximum Gasteiger partial charge on any atom is 0.0494 e. The SMILES string of the molecule is CC(C)C1CCC(COCC2CCCCC2)CC1. The Balaban J connectivity index is 1.55. The summed E-state index contributed by atoms with van der Waals surface area (Å²) in [6, 6.07) is 0. The van der Waals surface area contributed by atoms with Gasteiger partial charge >= 0.3 is 0 Å². The van der Waals surface area contributed by atoms with Crippen molar-refractivity contribution in [3.63, 3.8) is 0 Å². The Morgan fingerprint density at radius 3 is 1.89 bits per heavy atom. The second-order valence-corrected chi connectivity index (χ2v) is 7.07. The van der Waals surface area contributed by atoms with Gasteiger partial charge in [0, 0.05) is 13.2 Å². The van der Waals surface area contributed by atoms with Crippen LogP contribution in [0.25, 0.3) is 0 Å². The van der Waals surface area contributed by atoms with Crippen molar-refractivity contribution in [3.8, 4) is 0 Å². The fourth-order valence-corrected chi connectivity index (χ4v) is 3.78. The van der Waals surface area contributed by atoms with Crippen LogP contribution in [0.3, 0.4) is 0 Å². The molecule has 1 nitrogen and oxygen atoms in total. The number of ether oxygens (including phenoxy) is 1. The van der Waals surface area contributed by atoms with Crippen molar-refractivity contribution in [2.45, 2.75) is 71.6 Å². The van der Waals surface area contributed by atoms with E-state index in [1.54, 1.807) is 0 Å². The molecule has 0 atom stereocenters. The highest BCUT2D eigenvalue weighted by Gasteiger charge is 2.23. The second-order valence-electron chi connectivity index (χ2n) is 7.07. The quantitative estimate of drug-likeness (QED) is 0.665. The largest absolute Gasteiger partial charge is 0.381 e. The summed E-state index contributed by atoms with van der Waals surface area (Å²) in [6.45, 7) is 6.85. The Bertz CT molecular complexity index is 210. The smallest absolute Gasteiger partial charge is 0.0494 e.